The summed E-state index contributed by atoms with van der Waals surface area (Å²) in [7, 11) is 0. The molecule has 2 unspecified atom stereocenters. The van der Waals surface area contributed by atoms with Crippen molar-refractivity contribution >= 4 is 11.6 Å². The summed E-state index contributed by atoms with van der Waals surface area (Å²) >= 11 is 0. The summed E-state index contributed by atoms with van der Waals surface area (Å²) in [6.45, 7) is 9.07. The maximum atomic E-state index is 9.76. The molecule has 0 aliphatic heterocycles. The van der Waals surface area contributed by atoms with E-state index in [2.05, 4.69) is 41.4 Å². The fourth-order valence-electron chi connectivity index (χ4n) is 2.31. The number of hydrogen-bond donors (Lipinski definition) is 3. The molecule has 1 heterocycles. The van der Waals surface area contributed by atoms with E-state index in [4.69, 9.17) is 0 Å². The van der Waals surface area contributed by atoms with Crippen molar-refractivity contribution in [3.63, 3.8) is 0 Å². The van der Waals surface area contributed by atoms with Gasteiger partial charge in [0.1, 0.15) is 17.5 Å². The van der Waals surface area contributed by atoms with Crippen LogP contribution in [-0.2, 0) is 0 Å². The lowest BCUT2D eigenvalue weighted by molar-refractivity contribution is -0.0511. The maximum absolute atomic E-state index is 9.76. The Balaban J connectivity index is 2.06. The van der Waals surface area contributed by atoms with E-state index in [0.29, 0.717) is 0 Å². The molecule has 1 aromatic rings. The fraction of sp³-hybridized carbons (Fsp3) is 0.714. The van der Waals surface area contributed by atoms with Crippen molar-refractivity contribution < 1.29 is 5.11 Å². The van der Waals surface area contributed by atoms with Crippen molar-refractivity contribution in [2.45, 2.75) is 52.7 Å². The summed E-state index contributed by atoms with van der Waals surface area (Å²) in [4.78, 5) is 8.77. The molecule has 3 N–H and O–H groups in total. The molecule has 0 radical (unpaired) electrons. The minimum Gasteiger partial charge on any atom is -0.392 e. The number of anilines is 2. The zero-order valence-corrected chi connectivity index (χ0v) is 12.2. The molecule has 2 atom stereocenters. The third-order valence-electron chi connectivity index (χ3n) is 3.93. The summed E-state index contributed by atoms with van der Waals surface area (Å²) in [6.07, 6.45) is 1.60. The summed E-state index contributed by atoms with van der Waals surface area (Å²) in [5.74, 6) is 2.44. The maximum Gasteiger partial charge on any atom is 0.132 e. The quantitative estimate of drug-likeness (QED) is 0.760. The molecule has 1 aromatic heterocycles. The lowest BCUT2D eigenvalue weighted by Gasteiger charge is -2.49. The molecule has 1 aliphatic rings. The van der Waals surface area contributed by atoms with E-state index in [1.165, 1.54) is 0 Å². The number of nitrogens with zero attached hydrogens (tertiary/aromatic N) is 2. The van der Waals surface area contributed by atoms with Gasteiger partial charge in [0.25, 0.3) is 0 Å². The highest BCUT2D eigenvalue weighted by molar-refractivity contribution is 5.48. The SMILES string of the molecule is CCCNc1cc(NC2CC(O)C2(C)C)nc(C)n1. The molecule has 2 rings (SSSR count). The van der Waals surface area contributed by atoms with Gasteiger partial charge >= 0.3 is 0 Å². The summed E-state index contributed by atoms with van der Waals surface area (Å²) in [6, 6.07) is 2.19. The van der Waals surface area contributed by atoms with Crippen LogP contribution in [0.5, 0.6) is 0 Å². The van der Waals surface area contributed by atoms with Crippen molar-refractivity contribution in [2.24, 2.45) is 5.41 Å². The number of nitrogens with one attached hydrogen (secondary N) is 2. The third kappa shape index (κ3) is 2.97. The number of aliphatic hydroxyl groups excluding tert-OH is 1. The highest BCUT2D eigenvalue weighted by Gasteiger charge is 2.47. The van der Waals surface area contributed by atoms with E-state index in [1.807, 2.05) is 13.0 Å². The van der Waals surface area contributed by atoms with Crippen molar-refractivity contribution in [3.05, 3.63) is 11.9 Å². The average Bonchev–Trinajstić information content (AvgIpc) is 2.35. The average molecular weight is 264 g/mol. The fourth-order valence-corrected chi connectivity index (χ4v) is 2.31. The summed E-state index contributed by atoms with van der Waals surface area (Å²) < 4.78 is 0. The number of rotatable bonds is 5. The Bertz CT molecular complexity index is 447. The Kier molecular flexibility index (Phi) is 3.94. The van der Waals surface area contributed by atoms with Crippen LogP contribution in [0.15, 0.2) is 6.07 Å². The van der Waals surface area contributed by atoms with Gasteiger partial charge in [0.2, 0.25) is 0 Å². The molecule has 1 fully saturated rings. The number of hydrogen-bond acceptors (Lipinski definition) is 5. The number of aryl methyl sites for hydroxylation is 1. The smallest absolute Gasteiger partial charge is 0.132 e. The zero-order valence-electron chi connectivity index (χ0n) is 12.2. The van der Waals surface area contributed by atoms with Gasteiger partial charge in [0.05, 0.1) is 6.10 Å². The first-order chi connectivity index (χ1) is 8.93. The van der Waals surface area contributed by atoms with Crippen LogP contribution in [0.1, 0.15) is 39.4 Å². The van der Waals surface area contributed by atoms with Gasteiger partial charge in [-0.05, 0) is 19.8 Å². The minimum absolute atomic E-state index is 0.101. The lowest BCUT2D eigenvalue weighted by atomic mass is 9.64. The molecule has 0 bridgehead atoms. The van der Waals surface area contributed by atoms with Crippen LogP contribution in [0.2, 0.25) is 0 Å². The Labute approximate surface area is 114 Å². The molecule has 0 spiro atoms. The van der Waals surface area contributed by atoms with E-state index in [-0.39, 0.29) is 17.6 Å². The number of aromatic nitrogens is 2. The van der Waals surface area contributed by atoms with Gasteiger partial charge in [0.15, 0.2) is 0 Å². The van der Waals surface area contributed by atoms with Crippen LogP contribution in [0, 0.1) is 12.3 Å². The van der Waals surface area contributed by atoms with Crippen LogP contribution in [0.4, 0.5) is 11.6 Å². The first-order valence-corrected chi connectivity index (χ1v) is 6.97. The highest BCUT2D eigenvalue weighted by Crippen LogP contribution is 2.42. The molecule has 1 aliphatic carbocycles. The van der Waals surface area contributed by atoms with Crippen LogP contribution < -0.4 is 10.6 Å². The first kappa shape index (κ1) is 14.1. The van der Waals surface area contributed by atoms with Gasteiger partial charge in [-0.25, -0.2) is 9.97 Å². The van der Waals surface area contributed by atoms with Gasteiger partial charge in [-0.2, -0.15) is 0 Å². The van der Waals surface area contributed by atoms with E-state index < -0.39 is 0 Å². The molecular weight excluding hydrogens is 240 g/mol. The van der Waals surface area contributed by atoms with Crippen molar-refractivity contribution in [2.75, 3.05) is 17.2 Å². The first-order valence-electron chi connectivity index (χ1n) is 6.97. The second kappa shape index (κ2) is 5.33. The van der Waals surface area contributed by atoms with Gasteiger partial charge in [0, 0.05) is 24.1 Å². The van der Waals surface area contributed by atoms with Gasteiger partial charge in [-0.3, -0.25) is 0 Å². The predicted octanol–water partition coefficient (Wildman–Crippen LogP) is 2.18. The van der Waals surface area contributed by atoms with E-state index in [9.17, 15) is 5.11 Å². The molecule has 0 aromatic carbocycles. The highest BCUT2D eigenvalue weighted by atomic mass is 16.3. The van der Waals surface area contributed by atoms with E-state index in [1.54, 1.807) is 0 Å². The van der Waals surface area contributed by atoms with Gasteiger partial charge in [-0.15, -0.1) is 0 Å². The van der Waals surface area contributed by atoms with Crippen molar-refractivity contribution in [1.29, 1.82) is 0 Å². The van der Waals surface area contributed by atoms with Crippen molar-refractivity contribution in [3.8, 4) is 0 Å². The topological polar surface area (TPSA) is 70.1 Å². The summed E-state index contributed by atoms with van der Waals surface area (Å²) in [5, 5.41) is 16.4. The van der Waals surface area contributed by atoms with Crippen LogP contribution in [0.25, 0.3) is 0 Å². The lowest BCUT2D eigenvalue weighted by Crippen LogP contribution is -2.57. The Hall–Kier alpha value is -1.36. The molecule has 0 amide bonds. The van der Waals surface area contributed by atoms with Gasteiger partial charge in [-0.1, -0.05) is 20.8 Å². The Morgan fingerprint density at radius 2 is 2.05 bits per heavy atom. The normalized spacial score (nSPS) is 24.7. The molecule has 5 heteroatoms. The third-order valence-corrected chi connectivity index (χ3v) is 3.93. The van der Waals surface area contributed by atoms with E-state index >= 15 is 0 Å². The van der Waals surface area contributed by atoms with Gasteiger partial charge < -0.3 is 15.7 Å². The largest absolute Gasteiger partial charge is 0.392 e. The van der Waals surface area contributed by atoms with Crippen LogP contribution in [-0.4, -0.2) is 33.8 Å². The molecule has 5 nitrogen and oxygen atoms in total. The van der Waals surface area contributed by atoms with Crippen LogP contribution in [0.3, 0.4) is 0 Å². The predicted molar refractivity (Wildman–Crippen MR) is 77.4 cm³/mol. The molecule has 19 heavy (non-hydrogen) atoms. The molecule has 0 saturated heterocycles. The number of aliphatic hydroxyl groups is 1. The second-order valence-corrected chi connectivity index (χ2v) is 5.88. The monoisotopic (exact) mass is 264 g/mol. The second-order valence-electron chi connectivity index (χ2n) is 5.88. The van der Waals surface area contributed by atoms with Crippen LogP contribution >= 0.6 is 0 Å². The van der Waals surface area contributed by atoms with E-state index in [0.717, 1.165) is 36.8 Å². The molecular formula is C14H24N4O. The minimum atomic E-state index is -0.231. The van der Waals surface area contributed by atoms with Crippen molar-refractivity contribution in [1.82, 2.24) is 9.97 Å². The summed E-state index contributed by atoms with van der Waals surface area (Å²) in [5.41, 5.74) is -0.101. The molecule has 106 valence electrons. The Morgan fingerprint density at radius 1 is 1.37 bits per heavy atom. The molecule has 1 saturated carbocycles. The Morgan fingerprint density at radius 3 is 2.63 bits per heavy atom. The zero-order chi connectivity index (χ0) is 14.0. The standard InChI is InChI=1S/C14H24N4O/c1-5-6-15-12-8-13(17-9(2)16-12)18-10-7-11(19)14(10,3)4/h8,10-11,19H,5-7H2,1-4H3,(H2,15,16,17,18).